The molecule has 4 heteroatoms. The van der Waals surface area contributed by atoms with E-state index in [1.807, 2.05) is 36.4 Å². The van der Waals surface area contributed by atoms with Crippen molar-refractivity contribution < 1.29 is 4.42 Å². The number of benzene rings is 8. The summed E-state index contributed by atoms with van der Waals surface area (Å²) in [7, 11) is 0. The van der Waals surface area contributed by atoms with E-state index < -0.39 is 0 Å². The second kappa shape index (κ2) is 11.9. The lowest BCUT2D eigenvalue weighted by Gasteiger charge is -2.14. The molecule has 0 aliphatic rings. The Morgan fingerprint density at radius 1 is 0.294 bits per heavy atom. The van der Waals surface area contributed by atoms with Gasteiger partial charge in [-0.05, 0) is 74.1 Å². The molecule has 0 aliphatic heterocycles. The molecular weight excluding hydrogens is 623 g/mol. The van der Waals surface area contributed by atoms with E-state index in [-0.39, 0.29) is 0 Å². The molecule has 10 aromatic rings. The van der Waals surface area contributed by atoms with Crippen LogP contribution in [-0.4, -0.2) is 15.0 Å². The minimum Gasteiger partial charge on any atom is -0.456 e. The van der Waals surface area contributed by atoms with E-state index in [1.54, 1.807) is 0 Å². The van der Waals surface area contributed by atoms with E-state index in [4.69, 9.17) is 19.4 Å². The monoisotopic (exact) mass is 651 g/mol. The van der Waals surface area contributed by atoms with Gasteiger partial charge in [0.1, 0.15) is 11.2 Å². The molecule has 0 saturated heterocycles. The Morgan fingerprint density at radius 2 is 0.863 bits per heavy atom. The Hall–Kier alpha value is -6.91. The van der Waals surface area contributed by atoms with E-state index >= 15 is 0 Å². The minimum absolute atomic E-state index is 0.639. The Morgan fingerprint density at radius 3 is 1.65 bits per heavy atom. The van der Waals surface area contributed by atoms with Gasteiger partial charge in [-0.3, -0.25) is 0 Å². The van der Waals surface area contributed by atoms with E-state index in [0.29, 0.717) is 17.5 Å². The molecule has 4 nitrogen and oxygen atoms in total. The molecule has 0 amide bonds. The Kier molecular flexibility index (Phi) is 6.78. The largest absolute Gasteiger partial charge is 0.456 e. The van der Waals surface area contributed by atoms with Crippen molar-refractivity contribution in [2.24, 2.45) is 0 Å². The molecular formula is C47H29N3O. The van der Waals surface area contributed by atoms with Gasteiger partial charge in [0.05, 0.1) is 0 Å². The fourth-order valence-corrected chi connectivity index (χ4v) is 7.26. The highest BCUT2D eigenvalue weighted by Gasteiger charge is 2.17. The van der Waals surface area contributed by atoms with E-state index in [0.717, 1.165) is 71.3 Å². The molecule has 2 heterocycles. The van der Waals surface area contributed by atoms with Crippen LogP contribution in [0.15, 0.2) is 180 Å². The first-order chi connectivity index (χ1) is 25.3. The van der Waals surface area contributed by atoms with Gasteiger partial charge in [0, 0.05) is 27.5 Å². The predicted molar refractivity (Wildman–Crippen MR) is 209 cm³/mol. The van der Waals surface area contributed by atoms with Gasteiger partial charge < -0.3 is 4.42 Å². The molecule has 0 fully saturated rings. The summed E-state index contributed by atoms with van der Waals surface area (Å²) < 4.78 is 6.09. The van der Waals surface area contributed by atoms with E-state index in [1.165, 1.54) is 11.1 Å². The molecule has 0 bridgehead atoms. The van der Waals surface area contributed by atoms with Crippen molar-refractivity contribution in [1.29, 1.82) is 0 Å². The van der Waals surface area contributed by atoms with Crippen molar-refractivity contribution in [3.63, 3.8) is 0 Å². The molecule has 0 radical (unpaired) electrons. The van der Waals surface area contributed by atoms with E-state index in [2.05, 4.69) is 140 Å². The summed E-state index contributed by atoms with van der Waals surface area (Å²) >= 11 is 0. The van der Waals surface area contributed by atoms with Crippen LogP contribution in [-0.2, 0) is 0 Å². The summed E-state index contributed by atoms with van der Waals surface area (Å²) in [6, 6.07) is 61.1. The van der Waals surface area contributed by atoms with Gasteiger partial charge in [-0.25, -0.2) is 15.0 Å². The first-order valence-corrected chi connectivity index (χ1v) is 17.1. The number of para-hydroxylation sites is 1. The molecule has 8 aromatic carbocycles. The second-order valence-corrected chi connectivity index (χ2v) is 12.8. The van der Waals surface area contributed by atoms with Crippen LogP contribution in [0.2, 0.25) is 0 Å². The summed E-state index contributed by atoms with van der Waals surface area (Å²) in [5.74, 6) is 1.92. The number of rotatable bonds is 5. The highest BCUT2D eigenvalue weighted by atomic mass is 16.3. The maximum atomic E-state index is 6.09. The van der Waals surface area contributed by atoms with Crippen LogP contribution < -0.4 is 0 Å². The highest BCUT2D eigenvalue weighted by Crippen LogP contribution is 2.38. The average Bonchev–Trinajstić information content (AvgIpc) is 3.58. The maximum Gasteiger partial charge on any atom is 0.164 e. The summed E-state index contributed by atoms with van der Waals surface area (Å²) in [6.07, 6.45) is 0. The minimum atomic E-state index is 0.639. The summed E-state index contributed by atoms with van der Waals surface area (Å²) in [6.45, 7) is 0. The summed E-state index contributed by atoms with van der Waals surface area (Å²) in [5, 5.41) is 6.69. The number of fused-ring (bicyclic) bond motifs is 5. The molecule has 238 valence electrons. The van der Waals surface area contributed by atoms with Crippen molar-refractivity contribution in [2.45, 2.75) is 0 Å². The van der Waals surface area contributed by atoms with Crippen LogP contribution in [0, 0.1) is 0 Å². The van der Waals surface area contributed by atoms with Crippen LogP contribution in [0.5, 0.6) is 0 Å². The molecule has 0 aliphatic carbocycles. The third-order valence-corrected chi connectivity index (χ3v) is 9.75. The second-order valence-electron chi connectivity index (χ2n) is 12.8. The molecule has 2 aromatic heterocycles. The molecule has 0 atom stereocenters. The zero-order chi connectivity index (χ0) is 33.7. The van der Waals surface area contributed by atoms with Crippen molar-refractivity contribution in [1.82, 2.24) is 15.0 Å². The zero-order valence-corrected chi connectivity index (χ0v) is 27.5. The van der Waals surface area contributed by atoms with Crippen LogP contribution in [0.25, 0.3) is 99.9 Å². The third-order valence-electron chi connectivity index (χ3n) is 9.75. The molecule has 0 unspecified atom stereocenters. The Labute approximate surface area is 294 Å². The van der Waals surface area contributed by atoms with Crippen LogP contribution >= 0.6 is 0 Å². The molecule has 0 N–H and O–H groups in total. The lowest BCUT2D eigenvalue weighted by molar-refractivity contribution is 0.669. The Balaban J connectivity index is 1.13. The summed E-state index contributed by atoms with van der Waals surface area (Å²) in [4.78, 5) is 15.4. The maximum absolute atomic E-state index is 6.09. The van der Waals surface area contributed by atoms with E-state index in [9.17, 15) is 0 Å². The van der Waals surface area contributed by atoms with Gasteiger partial charge in [0.25, 0.3) is 0 Å². The molecule has 0 saturated carbocycles. The smallest absolute Gasteiger partial charge is 0.164 e. The van der Waals surface area contributed by atoms with Gasteiger partial charge in [-0.1, -0.05) is 146 Å². The molecule has 10 rings (SSSR count). The molecule has 51 heavy (non-hydrogen) atoms. The van der Waals surface area contributed by atoms with Gasteiger partial charge in [0.15, 0.2) is 17.5 Å². The first-order valence-electron chi connectivity index (χ1n) is 17.1. The van der Waals surface area contributed by atoms with Crippen molar-refractivity contribution in [3.05, 3.63) is 176 Å². The summed E-state index contributed by atoms with van der Waals surface area (Å²) in [5.41, 5.74) is 9.30. The topological polar surface area (TPSA) is 51.8 Å². The van der Waals surface area contributed by atoms with Gasteiger partial charge in [-0.2, -0.15) is 0 Å². The number of hydrogen-bond donors (Lipinski definition) is 0. The quantitative estimate of drug-likeness (QED) is 0.186. The average molecular weight is 652 g/mol. The van der Waals surface area contributed by atoms with Gasteiger partial charge in [-0.15, -0.1) is 0 Å². The fourth-order valence-electron chi connectivity index (χ4n) is 7.26. The fraction of sp³-hybridized carbons (Fsp3) is 0. The van der Waals surface area contributed by atoms with Crippen molar-refractivity contribution in [2.75, 3.05) is 0 Å². The van der Waals surface area contributed by atoms with Gasteiger partial charge in [0.2, 0.25) is 0 Å². The first kappa shape index (κ1) is 29.0. The lowest BCUT2D eigenvalue weighted by atomic mass is 9.94. The number of hydrogen-bond acceptors (Lipinski definition) is 4. The van der Waals surface area contributed by atoms with Crippen molar-refractivity contribution >= 4 is 43.5 Å². The molecule has 0 spiro atoms. The van der Waals surface area contributed by atoms with Crippen LogP contribution in [0.4, 0.5) is 0 Å². The van der Waals surface area contributed by atoms with Crippen LogP contribution in [0.1, 0.15) is 0 Å². The van der Waals surface area contributed by atoms with Gasteiger partial charge >= 0.3 is 0 Å². The number of nitrogens with zero attached hydrogens (tertiary/aromatic N) is 3. The number of furan rings is 1. The van der Waals surface area contributed by atoms with Crippen molar-refractivity contribution in [3.8, 4) is 56.4 Å². The standard InChI is InChI=1S/C47H29N3O/c1-3-12-30(13-4-1)35-25-26-41(38-18-8-7-17-37(35)38)47-49-45(31-14-5-2-6-15-31)48-46(50-47)40-20-11-16-34-28-32(22-24-36(34)40)33-23-27-44-42(29-33)39-19-9-10-21-43(39)51-44/h1-29H. The predicted octanol–water partition coefficient (Wildman–Crippen LogP) is 12.4. The Bertz CT molecular complexity index is 2910. The lowest BCUT2D eigenvalue weighted by Crippen LogP contribution is -2.01. The van der Waals surface area contributed by atoms with Crippen LogP contribution in [0.3, 0.4) is 0 Å². The normalized spacial score (nSPS) is 11.5. The SMILES string of the molecule is c1ccc(-c2nc(-c3cccc4cc(-c5ccc6oc7ccccc7c6c5)ccc34)nc(-c3ccc(-c4ccccc4)c4ccccc34)n2)cc1. The number of aromatic nitrogens is 3. The zero-order valence-electron chi connectivity index (χ0n) is 27.5. The highest BCUT2D eigenvalue weighted by molar-refractivity contribution is 6.07. The third kappa shape index (κ3) is 5.04.